The van der Waals surface area contributed by atoms with Gasteiger partial charge in [-0.05, 0) is 24.6 Å². The van der Waals surface area contributed by atoms with Crippen molar-refractivity contribution in [3.8, 4) is 17.7 Å². The molecule has 0 amide bonds. The number of hydrogen-bond acceptors (Lipinski definition) is 4. The third-order valence-electron chi connectivity index (χ3n) is 2.47. The van der Waals surface area contributed by atoms with Crippen LogP contribution in [0.25, 0.3) is 0 Å². The molecular formula is C14H11ClFN3O. The Bertz CT molecular complexity index is 670. The molecule has 0 fully saturated rings. The Balaban J connectivity index is 2.28. The van der Waals surface area contributed by atoms with Crippen molar-refractivity contribution in [1.29, 1.82) is 5.26 Å². The fraction of sp³-hybridized carbons (Fsp3) is 0.214. The van der Waals surface area contributed by atoms with E-state index in [1.54, 1.807) is 0 Å². The number of aryl methyl sites for hydroxylation is 1. The molecule has 1 aromatic heterocycles. The monoisotopic (exact) mass is 291 g/mol. The number of aromatic nitrogens is 2. The van der Waals surface area contributed by atoms with Gasteiger partial charge in [-0.15, -0.1) is 0 Å². The van der Waals surface area contributed by atoms with Crippen molar-refractivity contribution < 1.29 is 9.13 Å². The number of halogens is 2. The highest BCUT2D eigenvalue weighted by molar-refractivity contribution is 6.29. The lowest BCUT2D eigenvalue weighted by Crippen LogP contribution is -1.98. The maximum Gasteiger partial charge on any atom is 0.224 e. The summed E-state index contributed by atoms with van der Waals surface area (Å²) in [7, 11) is 0. The molecule has 0 aliphatic carbocycles. The van der Waals surface area contributed by atoms with Crippen LogP contribution in [0.2, 0.25) is 5.15 Å². The van der Waals surface area contributed by atoms with Gasteiger partial charge in [0.05, 0.1) is 11.6 Å². The van der Waals surface area contributed by atoms with Crippen LogP contribution in [-0.2, 0) is 6.42 Å². The number of benzene rings is 1. The normalized spacial score (nSPS) is 10.1. The lowest BCUT2D eigenvalue weighted by Gasteiger charge is -2.07. The highest BCUT2D eigenvalue weighted by Crippen LogP contribution is 2.25. The predicted molar refractivity (Wildman–Crippen MR) is 72.2 cm³/mol. The van der Waals surface area contributed by atoms with Crippen LogP contribution in [0.4, 0.5) is 4.39 Å². The molecule has 1 heterocycles. The molecule has 0 bridgehead atoms. The van der Waals surface area contributed by atoms with E-state index in [1.807, 2.05) is 13.0 Å². The lowest BCUT2D eigenvalue weighted by atomic mass is 10.2. The summed E-state index contributed by atoms with van der Waals surface area (Å²) < 4.78 is 19.1. The van der Waals surface area contributed by atoms with Gasteiger partial charge in [0.15, 0.2) is 11.6 Å². The van der Waals surface area contributed by atoms with Crippen molar-refractivity contribution in [2.24, 2.45) is 0 Å². The number of ether oxygens (including phenoxy) is 1. The maximum absolute atomic E-state index is 13.7. The topological polar surface area (TPSA) is 58.8 Å². The number of rotatable bonds is 4. The summed E-state index contributed by atoms with van der Waals surface area (Å²) in [5.41, 5.74) is 0.224. The SMILES string of the molecule is CCCc1nc(Cl)cc(Oc2ccc(C#N)cc2F)n1. The second-order valence-electron chi connectivity index (χ2n) is 4.05. The fourth-order valence-electron chi connectivity index (χ4n) is 1.60. The summed E-state index contributed by atoms with van der Waals surface area (Å²) in [6, 6.07) is 7.21. The van der Waals surface area contributed by atoms with Crippen LogP contribution in [0, 0.1) is 17.1 Å². The third kappa shape index (κ3) is 3.43. The molecule has 0 N–H and O–H groups in total. The molecule has 0 aliphatic rings. The van der Waals surface area contributed by atoms with Crippen LogP contribution in [0.1, 0.15) is 24.7 Å². The smallest absolute Gasteiger partial charge is 0.224 e. The predicted octanol–water partition coefficient (Wildman–Crippen LogP) is 3.89. The van der Waals surface area contributed by atoms with E-state index in [0.717, 1.165) is 12.5 Å². The molecule has 0 saturated heterocycles. The van der Waals surface area contributed by atoms with Crippen LogP contribution in [0.15, 0.2) is 24.3 Å². The number of nitriles is 1. The summed E-state index contributed by atoms with van der Waals surface area (Å²) >= 11 is 5.87. The van der Waals surface area contributed by atoms with Gasteiger partial charge in [-0.1, -0.05) is 18.5 Å². The highest BCUT2D eigenvalue weighted by Gasteiger charge is 2.09. The zero-order valence-electron chi connectivity index (χ0n) is 10.7. The van der Waals surface area contributed by atoms with Crippen molar-refractivity contribution in [1.82, 2.24) is 9.97 Å². The first-order chi connectivity index (χ1) is 9.62. The standard InChI is InChI=1S/C14H11ClFN3O/c1-2-3-13-18-12(15)7-14(19-13)20-11-5-4-9(8-17)6-10(11)16/h4-7H,2-3H2,1H3. The summed E-state index contributed by atoms with van der Waals surface area (Å²) in [6.07, 6.45) is 1.53. The van der Waals surface area contributed by atoms with Crippen LogP contribution >= 0.6 is 11.6 Å². The first kappa shape index (κ1) is 14.2. The van der Waals surface area contributed by atoms with Gasteiger partial charge in [0.2, 0.25) is 5.88 Å². The van der Waals surface area contributed by atoms with Gasteiger partial charge in [0, 0.05) is 12.5 Å². The first-order valence-electron chi connectivity index (χ1n) is 6.03. The quantitative estimate of drug-likeness (QED) is 0.802. The second-order valence-corrected chi connectivity index (χ2v) is 4.44. The lowest BCUT2D eigenvalue weighted by molar-refractivity contribution is 0.424. The summed E-state index contributed by atoms with van der Waals surface area (Å²) in [5, 5.41) is 8.92. The van der Waals surface area contributed by atoms with Crippen molar-refractivity contribution >= 4 is 11.6 Å². The zero-order valence-corrected chi connectivity index (χ0v) is 11.5. The van der Waals surface area contributed by atoms with Gasteiger partial charge in [-0.25, -0.2) is 9.37 Å². The van der Waals surface area contributed by atoms with Crippen LogP contribution in [0.5, 0.6) is 11.6 Å². The average Bonchev–Trinajstić information content (AvgIpc) is 2.41. The molecule has 0 aliphatic heterocycles. The summed E-state index contributed by atoms with van der Waals surface area (Å²) in [4.78, 5) is 8.21. The Kier molecular flexibility index (Phi) is 4.49. The van der Waals surface area contributed by atoms with E-state index in [1.165, 1.54) is 18.2 Å². The molecule has 6 heteroatoms. The van der Waals surface area contributed by atoms with Gasteiger partial charge >= 0.3 is 0 Å². The third-order valence-corrected chi connectivity index (χ3v) is 2.66. The largest absolute Gasteiger partial charge is 0.436 e. The second kappa shape index (κ2) is 6.31. The Labute approximate surface area is 120 Å². The molecule has 20 heavy (non-hydrogen) atoms. The summed E-state index contributed by atoms with van der Waals surface area (Å²) in [6.45, 7) is 1.99. The van der Waals surface area contributed by atoms with Crippen molar-refractivity contribution in [2.75, 3.05) is 0 Å². The van der Waals surface area contributed by atoms with Gasteiger partial charge < -0.3 is 4.74 Å². The van der Waals surface area contributed by atoms with Crippen LogP contribution in [-0.4, -0.2) is 9.97 Å². The first-order valence-corrected chi connectivity index (χ1v) is 6.41. The molecule has 1 aromatic carbocycles. The summed E-state index contributed by atoms with van der Waals surface area (Å²) in [5.74, 6) is 0.0816. The van der Waals surface area contributed by atoms with E-state index in [-0.39, 0.29) is 22.3 Å². The number of nitrogens with zero attached hydrogens (tertiary/aromatic N) is 3. The van der Waals surface area contributed by atoms with Crippen molar-refractivity contribution in [3.63, 3.8) is 0 Å². The Morgan fingerprint density at radius 1 is 1.35 bits per heavy atom. The van der Waals surface area contributed by atoms with E-state index < -0.39 is 5.82 Å². The minimum atomic E-state index is -0.629. The molecule has 0 atom stereocenters. The molecule has 2 rings (SSSR count). The Morgan fingerprint density at radius 3 is 2.80 bits per heavy atom. The molecule has 102 valence electrons. The molecule has 0 unspecified atom stereocenters. The number of hydrogen-bond donors (Lipinski definition) is 0. The van der Waals surface area contributed by atoms with Gasteiger partial charge in [-0.3, -0.25) is 0 Å². The molecular weight excluding hydrogens is 281 g/mol. The minimum Gasteiger partial charge on any atom is -0.436 e. The highest BCUT2D eigenvalue weighted by atomic mass is 35.5. The van der Waals surface area contributed by atoms with Gasteiger partial charge in [0.1, 0.15) is 11.0 Å². The van der Waals surface area contributed by atoms with Crippen molar-refractivity contribution in [3.05, 3.63) is 46.6 Å². The van der Waals surface area contributed by atoms with Crippen LogP contribution < -0.4 is 4.74 Å². The van der Waals surface area contributed by atoms with Crippen LogP contribution in [0.3, 0.4) is 0 Å². The van der Waals surface area contributed by atoms with E-state index in [4.69, 9.17) is 21.6 Å². The van der Waals surface area contributed by atoms with Gasteiger partial charge in [-0.2, -0.15) is 10.2 Å². The van der Waals surface area contributed by atoms with E-state index in [2.05, 4.69) is 9.97 Å². The Morgan fingerprint density at radius 2 is 2.15 bits per heavy atom. The Hall–Kier alpha value is -2.19. The molecule has 4 nitrogen and oxygen atoms in total. The van der Waals surface area contributed by atoms with Crippen molar-refractivity contribution in [2.45, 2.75) is 19.8 Å². The zero-order chi connectivity index (χ0) is 14.5. The molecule has 2 aromatic rings. The average molecular weight is 292 g/mol. The molecule has 0 spiro atoms. The van der Waals surface area contributed by atoms with Gasteiger partial charge in [0.25, 0.3) is 0 Å². The fourth-order valence-corrected chi connectivity index (χ4v) is 1.79. The van der Waals surface area contributed by atoms with E-state index >= 15 is 0 Å². The van der Waals surface area contributed by atoms with E-state index in [9.17, 15) is 4.39 Å². The molecule has 0 saturated carbocycles. The van der Waals surface area contributed by atoms with E-state index in [0.29, 0.717) is 12.2 Å². The maximum atomic E-state index is 13.7. The minimum absolute atomic E-state index is 0.0128. The molecule has 0 radical (unpaired) electrons.